The SMILES string of the molecule is O=c1c2ccccc2nc(-c2cc3cc(Br)ccc3o2)n1N=Cc1cc(Br)c(OCc2ccc(Cl)cc2Cl)c(Br)c1. The summed E-state index contributed by atoms with van der Waals surface area (Å²) in [6.45, 7) is 0.246. The molecule has 0 fully saturated rings. The van der Waals surface area contributed by atoms with Gasteiger partial charge < -0.3 is 9.15 Å². The third-order valence-electron chi connectivity index (χ3n) is 6.18. The number of ether oxygens (including phenoxy) is 1. The first-order chi connectivity index (χ1) is 19.8. The maximum atomic E-state index is 13.6. The Kier molecular flexibility index (Phi) is 8.07. The van der Waals surface area contributed by atoms with Crippen LogP contribution in [0.5, 0.6) is 5.75 Å². The van der Waals surface area contributed by atoms with E-state index in [1.54, 1.807) is 36.5 Å². The Hall–Kier alpha value is -2.95. The Bertz CT molecular complexity index is 2030. The Morgan fingerprint density at radius 3 is 2.51 bits per heavy atom. The van der Waals surface area contributed by atoms with Crippen molar-refractivity contribution in [1.82, 2.24) is 9.66 Å². The van der Waals surface area contributed by atoms with Crippen molar-refractivity contribution >= 4 is 99.1 Å². The van der Waals surface area contributed by atoms with Gasteiger partial charge in [0.15, 0.2) is 5.76 Å². The number of fused-ring (bicyclic) bond motifs is 2. The van der Waals surface area contributed by atoms with E-state index in [-0.39, 0.29) is 18.0 Å². The summed E-state index contributed by atoms with van der Waals surface area (Å²) in [7, 11) is 0. The fourth-order valence-corrected chi connectivity index (χ4v) is 6.51. The summed E-state index contributed by atoms with van der Waals surface area (Å²) in [6.07, 6.45) is 1.58. The van der Waals surface area contributed by atoms with Crippen molar-refractivity contribution in [3.8, 4) is 17.3 Å². The van der Waals surface area contributed by atoms with Crippen molar-refractivity contribution in [3.63, 3.8) is 0 Å². The van der Waals surface area contributed by atoms with Crippen LogP contribution in [-0.4, -0.2) is 15.9 Å². The lowest BCUT2D eigenvalue weighted by Gasteiger charge is -2.12. The molecule has 6 rings (SSSR count). The predicted molar refractivity (Wildman–Crippen MR) is 175 cm³/mol. The molecule has 0 atom stereocenters. The maximum Gasteiger partial charge on any atom is 0.282 e. The fraction of sp³-hybridized carbons (Fsp3) is 0.0333. The molecular formula is C30H16Br3Cl2N3O3. The normalized spacial score (nSPS) is 11.6. The van der Waals surface area contributed by atoms with E-state index in [0.29, 0.717) is 52.5 Å². The van der Waals surface area contributed by atoms with Crippen LogP contribution in [0, 0.1) is 0 Å². The van der Waals surface area contributed by atoms with E-state index in [0.717, 1.165) is 15.4 Å². The second-order valence-corrected chi connectivity index (χ2v) is 12.4. The number of aromatic nitrogens is 2. The smallest absolute Gasteiger partial charge is 0.282 e. The molecule has 0 saturated heterocycles. The lowest BCUT2D eigenvalue weighted by molar-refractivity contribution is 0.302. The highest BCUT2D eigenvalue weighted by Crippen LogP contribution is 2.36. The number of nitrogens with zero attached hydrogens (tertiary/aromatic N) is 3. The zero-order valence-corrected chi connectivity index (χ0v) is 27.0. The molecule has 0 radical (unpaired) electrons. The van der Waals surface area contributed by atoms with Crippen LogP contribution in [-0.2, 0) is 6.61 Å². The minimum Gasteiger partial charge on any atom is -0.486 e. The molecule has 0 saturated carbocycles. The third kappa shape index (κ3) is 5.87. The summed E-state index contributed by atoms with van der Waals surface area (Å²) in [5.41, 5.74) is 2.41. The lowest BCUT2D eigenvalue weighted by atomic mass is 10.2. The molecule has 0 aliphatic carbocycles. The van der Waals surface area contributed by atoms with Gasteiger partial charge in [-0.2, -0.15) is 9.78 Å². The maximum absolute atomic E-state index is 13.6. The molecule has 204 valence electrons. The van der Waals surface area contributed by atoms with E-state index in [9.17, 15) is 4.79 Å². The molecule has 2 aromatic heterocycles. The molecule has 4 aromatic carbocycles. The number of hydrogen-bond acceptors (Lipinski definition) is 5. The lowest BCUT2D eigenvalue weighted by Crippen LogP contribution is -2.20. The average molecular weight is 777 g/mol. The van der Waals surface area contributed by atoms with Crippen LogP contribution in [0.1, 0.15) is 11.1 Å². The third-order valence-corrected chi connectivity index (χ3v) is 8.44. The minimum absolute atomic E-state index is 0.246. The van der Waals surface area contributed by atoms with Gasteiger partial charge in [0.1, 0.15) is 17.9 Å². The van der Waals surface area contributed by atoms with Crippen molar-refractivity contribution in [1.29, 1.82) is 0 Å². The fourth-order valence-electron chi connectivity index (χ4n) is 4.22. The summed E-state index contributed by atoms with van der Waals surface area (Å²) >= 11 is 22.9. The topological polar surface area (TPSA) is 69.6 Å². The second kappa shape index (κ2) is 11.7. The molecule has 0 aliphatic heterocycles. The van der Waals surface area contributed by atoms with E-state index < -0.39 is 0 Å². The first-order valence-corrected chi connectivity index (χ1v) is 15.2. The van der Waals surface area contributed by atoms with Gasteiger partial charge in [0.2, 0.25) is 5.82 Å². The first kappa shape index (κ1) is 28.2. The van der Waals surface area contributed by atoms with Crippen LogP contribution in [0.2, 0.25) is 10.0 Å². The molecule has 0 spiro atoms. The van der Waals surface area contributed by atoms with Gasteiger partial charge in [-0.1, -0.05) is 57.3 Å². The van der Waals surface area contributed by atoms with Gasteiger partial charge in [0, 0.05) is 25.5 Å². The number of furan rings is 1. The Morgan fingerprint density at radius 2 is 1.73 bits per heavy atom. The molecule has 6 nitrogen and oxygen atoms in total. The van der Waals surface area contributed by atoms with Gasteiger partial charge in [0.05, 0.1) is 26.1 Å². The Labute approximate surface area is 268 Å². The van der Waals surface area contributed by atoms with Crippen molar-refractivity contribution in [3.05, 3.63) is 124 Å². The van der Waals surface area contributed by atoms with Gasteiger partial charge in [0.25, 0.3) is 5.56 Å². The molecule has 0 N–H and O–H groups in total. The highest BCUT2D eigenvalue weighted by atomic mass is 79.9. The number of halogens is 5. The Morgan fingerprint density at radius 1 is 0.951 bits per heavy atom. The molecule has 0 bridgehead atoms. The van der Waals surface area contributed by atoms with E-state index in [1.807, 2.05) is 48.5 Å². The summed E-state index contributed by atoms with van der Waals surface area (Å²) in [5, 5.41) is 6.95. The van der Waals surface area contributed by atoms with Crippen LogP contribution in [0.15, 0.2) is 107 Å². The van der Waals surface area contributed by atoms with E-state index in [1.165, 1.54) is 4.68 Å². The molecular weight excluding hydrogens is 761 g/mol. The van der Waals surface area contributed by atoms with Gasteiger partial charge in [-0.3, -0.25) is 4.79 Å². The molecule has 2 heterocycles. The van der Waals surface area contributed by atoms with Crippen LogP contribution < -0.4 is 10.3 Å². The number of para-hydroxylation sites is 1. The van der Waals surface area contributed by atoms with Gasteiger partial charge in [-0.15, -0.1) is 0 Å². The highest BCUT2D eigenvalue weighted by molar-refractivity contribution is 9.11. The molecule has 0 aliphatic rings. The molecule has 41 heavy (non-hydrogen) atoms. The van der Waals surface area contributed by atoms with Gasteiger partial charge in [-0.25, -0.2) is 4.98 Å². The Balaban J connectivity index is 1.37. The summed E-state index contributed by atoms with van der Waals surface area (Å²) in [5.74, 6) is 1.30. The van der Waals surface area contributed by atoms with E-state index in [4.69, 9.17) is 37.3 Å². The van der Waals surface area contributed by atoms with Crippen LogP contribution in [0.3, 0.4) is 0 Å². The number of hydrogen-bond donors (Lipinski definition) is 0. The zero-order chi connectivity index (χ0) is 28.7. The summed E-state index contributed by atoms with van der Waals surface area (Å²) in [4.78, 5) is 18.3. The zero-order valence-electron chi connectivity index (χ0n) is 20.7. The van der Waals surface area contributed by atoms with Crippen molar-refractivity contribution in [2.75, 3.05) is 0 Å². The average Bonchev–Trinajstić information content (AvgIpc) is 3.36. The quantitative estimate of drug-likeness (QED) is 0.158. The van der Waals surface area contributed by atoms with E-state index >= 15 is 0 Å². The summed E-state index contributed by atoms with van der Waals surface area (Å²) < 4.78 is 15.6. The van der Waals surface area contributed by atoms with Crippen molar-refractivity contribution < 1.29 is 9.15 Å². The van der Waals surface area contributed by atoms with E-state index in [2.05, 4.69) is 52.9 Å². The van der Waals surface area contributed by atoms with Crippen molar-refractivity contribution in [2.24, 2.45) is 5.10 Å². The summed E-state index contributed by atoms with van der Waals surface area (Å²) in [6, 6.07) is 23.6. The molecule has 0 amide bonds. The molecule has 11 heteroatoms. The van der Waals surface area contributed by atoms with Crippen molar-refractivity contribution in [2.45, 2.75) is 6.61 Å². The van der Waals surface area contributed by atoms with Gasteiger partial charge >= 0.3 is 0 Å². The van der Waals surface area contributed by atoms with Crippen LogP contribution >= 0.6 is 71.0 Å². The first-order valence-electron chi connectivity index (χ1n) is 12.1. The standard InChI is InChI=1S/C30H16Br3Cl2N3O3/c31-19-6-8-26-18(11-19)12-27(41-26)29-37-25-4-2-1-3-21(25)30(39)38(29)36-14-16-9-22(32)28(23(33)10-16)40-15-17-5-7-20(34)13-24(17)35/h1-14H,15H2. The molecule has 6 aromatic rings. The predicted octanol–water partition coefficient (Wildman–Crippen LogP) is 9.87. The van der Waals surface area contributed by atoms with Crippen LogP contribution in [0.4, 0.5) is 0 Å². The second-order valence-electron chi connectivity index (χ2n) is 8.94. The number of rotatable bonds is 6. The largest absolute Gasteiger partial charge is 0.486 e. The number of benzene rings is 4. The van der Waals surface area contributed by atoms with Crippen LogP contribution in [0.25, 0.3) is 33.5 Å². The molecule has 0 unspecified atom stereocenters. The monoisotopic (exact) mass is 773 g/mol. The minimum atomic E-state index is -0.318. The highest BCUT2D eigenvalue weighted by Gasteiger charge is 2.17. The van der Waals surface area contributed by atoms with Gasteiger partial charge in [-0.05, 0) is 98.1 Å².